The van der Waals surface area contributed by atoms with E-state index in [0.717, 1.165) is 0 Å². The number of nitrogens with zero attached hydrogens (tertiary/aromatic N) is 1. The van der Waals surface area contributed by atoms with Gasteiger partial charge in [0.05, 0.1) is 17.8 Å². The zero-order chi connectivity index (χ0) is 15.2. The third kappa shape index (κ3) is 4.20. The van der Waals surface area contributed by atoms with Gasteiger partial charge < -0.3 is 5.73 Å². The molecule has 0 aliphatic heterocycles. The van der Waals surface area contributed by atoms with Gasteiger partial charge in [0, 0.05) is 13.1 Å². The van der Waals surface area contributed by atoms with Crippen molar-refractivity contribution in [2.24, 2.45) is 5.73 Å². The smallest absolute Gasteiger partial charge is 0.301 e. The standard InChI is InChI=1S/C13H18FN3O2S/c1-3-17(4-2)20(18,19)16-13-8-7-12(14)10-11(13)6-5-9-15/h7-8,10,16H,3-4,9,15H2,1-2H3. The Bertz CT molecular complexity index is 616. The van der Waals surface area contributed by atoms with Gasteiger partial charge in [0.15, 0.2) is 0 Å². The summed E-state index contributed by atoms with van der Waals surface area (Å²) in [6.07, 6.45) is 0. The first-order valence-corrected chi connectivity index (χ1v) is 7.65. The minimum Gasteiger partial charge on any atom is -0.320 e. The first-order chi connectivity index (χ1) is 9.44. The molecule has 0 aliphatic rings. The van der Waals surface area contributed by atoms with Gasteiger partial charge in [0.25, 0.3) is 0 Å². The summed E-state index contributed by atoms with van der Waals surface area (Å²) in [6, 6.07) is 3.69. The molecule has 0 saturated heterocycles. The van der Waals surface area contributed by atoms with Crippen molar-refractivity contribution in [1.82, 2.24) is 4.31 Å². The minimum absolute atomic E-state index is 0.110. The summed E-state index contributed by atoms with van der Waals surface area (Å²) in [5, 5.41) is 0. The Morgan fingerprint density at radius 2 is 2.00 bits per heavy atom. The van der Waals surface area contributed by atoms with E-state index < -0.39 is 16.0 Å². The van der Waals surface area contributed by atoms with Gasteiger partial charge in [0.1, 0.15) is 5.82 Å². The van der Waals surface area contributed by atoms with Crippen molar-refractivity contribution in [3.8, 4) is 11.8 Å². The Morgan fingerprint density at radius 3 is 2.55 bits per heavy atom. The molecule has 3 N–H and O–H groups in total. The summed E-state index contributed by atoms with van der Waals surface area (Å²) in [4.78, 5) is 0. The number of hydrogen-bond donors (Lipinski definition) is 2. The SMILES string of the molecule is CCN(CC)S(=O)(=O)Nc1ccc(F)cc1C#CCN. The predicted molar refractivity (Wildman–Crippen MR) is 77.8 cm³/mol. The van der Waals surface area contributed by atoms with Gasteiger partial charge in [-0.3, -0.25) is 4.72 Å². The third-order valence-electron chi connectivity index (χ3n) is 2.59. The summed E-state index contributed by atoms with van der Waals surface area (Å²) >= 11 is 0. The summed E-state index contributed by atoms with van der Waals surface area (Å²) < 4.78 is 41.1. The molecule has 20 heavy (non-hydrogen) atoms. The molecule has 0 aromatic heterocycles. The minimum atomic E-state index is -3.67. The van der Waals surface area contributed by atoms with Crippen molar-refractivity contribution in [2.45, 2.75) is 13.8 Å². The summed E-state index contributed by atoms with van der Waals surface area (Å²) in [7, 11) is -3.67. The molecule has 1 rings (SSSR count). The van der Waals surface area contributed by atoms with Gasteiger partial charge in [-0.1, -0.05) is 25.7 Å². The lowest BCUT2D eigenvalue weighted by molar-refractivity contribution is 0.449. The van der Waals surface area contributed by atoms with Crippen LogP contribution in [0.5, 0.6) is 0 Å². The largest absolute Gasteiger partial charge is 0.320 e. The Balaban J connectivity index is 3.15. The van der Waals surface area contributed by atoms with Crippen molar-refractivity contribution in [1.29, 1.82) is 0 Å². The van der Waals surface area contributed by atoms with Crippen molar-refractivity contribution in [3.05, 3.63) is 29.6 Å². The maximum absolute atomic E-state index is 13.2. The zero-order valence-electron chi connectivity index (χ0n) is 11.5. The van der Waals surface area contributed by atoms with Crippen LogP contribution in [0.15, 0.2) is 18.2 Å². The van der Waals surface area contributed by atoms with Gasteiger partial charge in [0.2, 0.25) is 0 Å². The molecule has 0 heterocycles. The highest BCUT2D eigenvalue weighted by molar-refractivity contribution is 7.90. The van der Waals surface area contributed by atoms with Crippen molar-refractivity contribution < 1.29 is 12.8 Å². The van der Waals surface area contributed by atoms with Crippen LogP contribution in [0.2, 0.25) is 0 Å². The van der Waals surface area contributed by atoms with Gasteiger partial charge in [-0.25, -0.2) is 4.39 Å². The van der Waals surface area contributed by atoms with Crippen LogP contribution < -0.4 is 10.5 Å². The van der Waals surface area contributed by atoms with Crippen molar-refractivity contribution >= 4 is 15.9 Å². The van der Waals surface area contributed by atoms with Gasteiger partial charge in [-0.05, 0) is 18.2 Å². The van der Waals surface area contributed by atoms with E-state index in [4.69, 9.17) is 5.73 Å². The lowest BCUT2D eigenvalue weighted by Crippen LogP contribution is -2.35. The van der Waals surface area contributed by atoms with Crippen molar-refractivity contribution in [3.63, 3.8) is 0 Å². The second-order valence-corrected chi connectivity index (χ2v) is 5.56. The molecule has 5 nitrogen and oxygen atoms in total. The third-order valence-corrected chi connectivity index (χ3v) is 4.27. The van der Waals surface area contributed by atoms with Gasteiger partial charge >= 0.3 is 10.2 Å². The molecule has 0 unspecified atom stereocenters. The number of anilines is 1. The fourth-order valence-electron chi connectivity index (χ4n) is 1.62. The second-order valence-electron chi connectivity index (χ2n) is 3.89. The molecule has 0 fully saturated rings. The highest BCUT2D eigenvalue weighted by Gasteiger charge is 2.19. The summed E-state index contributed by atoms with van der Waals surface area (Å²) in [6.45, 7) is 4.28. The number of benzene rings is 1. The predicted octanol–water partition coefficient (Wildman–Crippen LogP) is 1.13. The molecule has 0 amide bonds. The van der Waals surface area contributed by atoms with E-state index >= 15 is 0 Å². The van der Waals surface area contributed by atoms with Crippen LogP contribution in [0.1, 0.15) is 19.4 Å². The zero-order valence-corrected chi connectivity index (χ0v) is 12.3. The topological polar surface area (TPSA) is 75.4 Å². The number of nitrogens with two attached hydrogens (primary N) is 1. The van der Waals surface area contributed by atoms with Crippen LogP contribution in [0, 0.1) is 17.7 Å². The number of halogens is 1. The molecule has 0 atom stereocenters. The maximum atomic E-state index is 13.2. The molecular weight excluding hydrogens is 281 g/mol. The Morgan fingerprint density at radius 1 is 1.35 bits per heavy atom. The van der Waals surface area contributed by atoms with Crippen LogP contribution in [-0.2, 0) is 10.2 Å². The van der Waals surface area contributed by atoms with E-state index in [0.29, 0.717) is 13.1 Å². The fourth-order valence-corrected chi connectivity index (χ4v) is 2.89. The average Bonchev–Trinajstić information content (AvgIpc) is 2.39. The maximum Gasteiger partial charge on any atom is 0.301 e. The Kier molecular flexibility index (Phi) is 5.95. The van der Waals surface area contributed by atoms with Crippen LogP contribution in [-0.4, -0.2) is 32.4 Å². The average molecular weight is 299 g/mol. The van der Waals surface area contributed by atoms with E-state index in [-0.39, 0.29) is 17.8 Å². The van der Waals surface area contributed by atoms with E-state index in [1.54, 1.807) is 13.8 Å². The molecule has 0 bridgehead atoms. The molecule has 0 saturated carbocycles. The second kappa shape index (κ2) is 7.24. The van der Waals surface area contributed by atoms with E-state index in [9.17, 15) is 12.8 Å². The van der Waals surface area contributed by atoms with Crippen LogP contribution in [0.25, 0.3) is 0 Å². The van der Waals surface area contributed by atoms with Crippen LogP contribution in [0.3, 0.4) is 0 Å². The van der Waals surface area contributed by atoms with Crippen molar-refractivity contribution in [2.75, 3.05) is 24.4 Å². The van der Waals surface area contributed by atoms with Crippen LogP contribution >= 0.6 is 0 Å². The fraction of sp³-hybridized carbons (Fsp3) is 0.385. The summed E-state index contributed by atoms with van der Waals surface area (Å²) in [5.41, 5.74) is 5.76. The normalized spacial score (nSPS) is 11.1. The molecule has 7 heteroatoms. The molecule has 0 radical (unpaired) electrons. The monoisotopic (exact) mass is 299 g/mol. The number of rotatable bonds is 5. The lowest BCUT2D eigenvalue weighted by atomic mass is 10.2. The van der Waals surface area contributed by atoms with Gasteiger partial charge in [-0.2, -0.15) is 12.7 Å². The molecule has 0 spiro atoms. The van der Waals surface area contributed by atoms with E-state index in [2.05, 4.69) is 16.6 Å². The molecular formula is C13H18FN3O2S. The Hall–Kier alpha value is -1.62. The van der Waals surface area contributed by atoms with Crippen LogP contribution in [0.4, 0.5) is 10.1 Å². The first kappa shape index (κ1) is 16.4. The highest BCUT2D eigenvalue weighted by atomic mass is 32.2. The Labute approximate surface area is 119 Å². The molecule has 1 aromatic carbocycles. The molecule has 1 aromatic rings. The molecule has 0 aliphatic carbocycles. The van der Waals surface area contributed by atoms with E-state index in [1.807, 2.05) is 0 Å². The first-order valence-electron chi connectivity index (χ1n) is 6.21. The van der Waals surface area contributed by atoms with Gasteiger partial charge in [-0.15, -0.1) is 0 Å². The lowest BCUT2D eigenvalue weighted by Gasteiger charge is -2.20. The van der Waals surface area contributed by atoms with E-state index in [1.165, 1.54) is 22.5 Å². The molecule has 110 valence electrons. The highest BCUT2D eigenvalue weighted by Crippen LogP contribution is 2.18. The number of nitrogens with one attached hydrogen (secondary N) is 1. The summed E-state index contributed by atoms with van der Waals surface area (Å²) in [5.74, 6) is 4.74. The quantitative estimate of drug-likeness (QED) is 0.800. The number of hydrogen-bond acceptors (Lipinski definition) is 3.